The first kappa shape index (κ1) is 33.1. The molecule has 39 heavy (non-hydrogen) atoms. The SMILES string of the molecule is CSCCCS[C@@H]1OC(CO)[C@H](OCc2ccccc2)C(OCc2ccccc2)C1OCc1ccccc1.[Ac]. The van der Waals surface area contributed by atoms with Crippen LogP contribution in [0.25, 0.3) is 0 Å². The summed E-state index contributed by atoms with van der Waals surface area (Å²) in [7, 11) is 0. The van der Waals surface area contributed by atoms with Gasteiger partial charge in [-0.2, -0.15) is 11.8 Å². The molecule has 0 bridgehead atoms. The molecule has 207 valence electrons. The van der Waals surface area contributed by atoms with E-state index >= 15 is 0 Å². The van der Waals surface area contributed by atoms with E-state index in [0.717, 1.165) is 34.6 Å². The molecule has 3 aromatic rings. The van der Waals surface area contributed by atoms with Gasteiger partial charge in [0.1, 0.15) is 29.9 Å². The van der Waals surface area contributed by atoms with Gasteiger partial charge in [-0.3, -0.25) is 0 Å². The Hall–Kier alpha value is -0.398. The first-order valence-electron chi connectivity index (χ1n) is 13.1. The van der Waals surface area contributed by atoms with Crippen LogP contribution in [0.15, 0.2) is 91.0 Å². The summed E-state index contributed by atoms with van der Waals surface area (Å²) in [6.07, 6.45) is 1.39. The van der Waals surface area contributed by atoms with Gasteiger partial charge < -0.3 is 24.1 Å². The Labute approximate surface area is 277 Å². The van der Waals surface area contributed by atoms with Gasteiger partial charge in [0.25, 0.3) is 0 Å². The number of ether oxygens (including phenoxy) is 4. The smallest absolute Gasteiger partial charge is 0.132 e. The molecule has 1 saturated heterocycles. The Kier molecular flexibility index (Phi) is 16.1. The van der Waals surface area contributed by atoms with Gasteiger partial charge >= 0.3 is 0 Å². The number of hydrogen-bond acceptors (Lipinski definition) is 7. The van der Waals surface area contributed by atoms with Crippen molar-refractivity contribution < 1.29 is 68.1 Å². The van der Waals surface area contributed by atoms with Crippen molar-refractivity contribution in [2.45, 2.75) is 56.1 Å². The average molecular weight is 782 g/mol. The number of aliphatic hydroxyl groups is 1. The molecule has 0 spiro atoms. The first-order valence-corrected chi connectivity index (χ1v) is 15.6. The molecule has 0 amide bonds. The zero-order valence-corrected chi connectivity index (χ0v) is 28.8. The van der Waals surface area contributed by atoms with Crippen LogP contribution in [0.3, 0.4) is 0 Å². The largest absolute Gasteiger partial charge is 0.394 e. The monoisotopic (exact) mass is 781 g/mol. The third kappa shape index (κ3) is 10.7. The summed E-state index contributed by atoms with van der Waals surface area (Å²) < 4.78 is 26.1. The van der Waals surface area contributed by atoms with Crippen molar-refractivity contribution in [3.05, 3.63) is 108 Å². The van der Waals surface area contributed by atoms with Crippen LogP contribution in [0.5, 0.6) is 0 Å². The average Bonchev–Trinajstić information content (AvgIpc) is 2.98. The standard InChI is InChI=1S/C31H38O5S2.Ac/c1-37-18-11-19-38-31-30(35-23-26-16-9-4-10-17-26)29(34-22-25-14-7-3-8-15-25)28(27(20-32)36-31)33-21-24-12-5-2-6-13-24;/h2-10,12-17,27-32H,11,18-23H2,1H3;/t27?,28-,29?,30?,31-;/m0./s1. The van der Waals surface area contributed by atoms with E-state index in [1.165, 1.54) is 0 Å². The van der Waals surface area contributed by atoms with Gasteiger partial charge in [0, 0.05) is 44.1 Å². The van der Waals surface area contributed by atoms with Gasteiger partial charge in [-0.25, -0.2) is 0 Å². The van der Waals surface area contributed by atoms with Crippen LogP contribution in [0.4, 0.5) is 0 Å². The third-order valence-corrected chi connectivity index (χ3v) is 8.33. The van der Waals surface area contributed by atoms with Crippen molar-refractivity contribution in [3.63, 3.8) is 0 Å². The van der Waals surface area contributed by atoms with Crippen LogP contribution in [-0.4, -0.2) is 59.3 Å². The summed E-state index contributed by atoms with van der Waals surface area (Å²) in [5.74, 6) is 2.03. The number of benzene rings is 3. The summed E-state index contributed by atoms with van der Waals surface area (Å²) in [5, 5.41) is 10.4. The topological polar surface area (TPSA) is 57.2 Å². The summed E-state index contributed by atoms with van der Waals surface area (Å²) in [6.45, 7) is 1.10. The summed E-state index contributed by atoms with van der Waals surface area (Å²) in [5.41, 5.74) is 2.94. The number of thioether (sulfide) groups is 2. The van der Waals surface area contributed by atoms with E-state index in [0.29, 0.717) is 19.8 Å². The van der Waals surface area contributed by atoms with Crippen molar-refractivity contribution in [2.24, 2.45) is 0 Å². The molecule has 1 aliphatic rings. The quantitative estimate of drug-likeness (QED) is 0.192. The van der Waals surface area contributed by atoms with Gasteiger partial charge in [0.05, 0.1) is 26.4 Å². The van der Waals surface area contributed by atoms with E-state index in [4.69, 9.17) is 18.9 Å². The molecule has 1 heterocycles. The maximum absolute atomic E-state index is 10.4. The van der Waals surface area contributed by atoms with Gasteiger partial charge in [-0.05, 0) is 40.9 Å². The third-order valence-electron chi connectivity index (χ3n) is 6.40. The minimum atomic E-state index is -0.519. The van der Waals surface area contributed by atoms with Crippen molar-refractivity contribution in [1.82, 2.24) is 0 Å². The molecule has 5 nitrogen and oxygen atoms in total. The van der Waals surface area contributed by atoms with Crippen LogP contribution in [-0.2, 0) is 38.8 Å². The van der Waals surface area contributed by atoms with Crippen LogP contribution < -0.4 is 0 Å². The minimum Gasteiger partial charge on any atom is -0.394 e. The van der Waals surface area contributed by atoms with Crippen molar-refractivity contribution >= 4 is 23.5 Å². The molecule has 8 heteroatoms. The van der Waals surface area contributed by atoms with E-state index < -0.39 is 18.3 Å². The minimum absolute atomic E-state index is 0. The normalized spacial score (nSPS) is 22.8. The second-order valence-corrected chi connectivity index (χ2v) is 11.4. The van der Waals surface area contributed by atoms with Gasteiger partial charge in [-0.1, -0.05) is 91.0 Å². The molecule has 4 rings (SSSR count). The Morgan fingerprint density at radius 1 is 0.667 bits per heavy atom. The van der Waals surface area contributed by atoms with Crippen LogP contribution in [0.1, 0.15) is 23.1 Å². The van der Waals surface area contributed by atoms with E-state index in [1.807, 2.05) is 78.5 Å². The predicted octanol–water partition coefficient (Wildman–Crippen LogP) is 5.95. The fourth-order valence-corrected chi connectivity index (χ4v) is 6.23. The van der Waals surface area contributed by atoms with Crippen molar-refractivity contribution in [1.29, 1.82) is 0 Å². The fraction of sp³-hybridized carbons (Fsp3) is 0.419. The molecular weight excluding hydrogens is 743 g/mol. The zero-order chi connectivity index (χ0) is 26.4. The Balaban J connectivity index is 0.00000420. The molecule has 1 N–H and O–H groups in total. The zero-order valence-electron chi connectivity index (χ0n) is 22.5. The summed E-state index contributed by atoms with van der Waals surface area (Å²) in [6, 6.07) is 30.3. The maximum Gasteiger partial charge on any atom is 0.132 e. The van der Waals surface area contributed by atoms with Crippen LogP contribution in [0, 0.1) is 44.1 Å². The molecule has 1 radical (unpaired) electrons. The summed E-state index contributed by atoms with van der Waals surface area (Å²) in [4.78, 5) is 0. The van der Waals surface area contributed by atoms with Gasteiger partial charge in [-0.15, -0.1) is 11.8 Å². The Morgan fingerprint density at radius 3 is 1.59 bits per heavy atom. The Bertz CT molecular complexity index is 1030. The van der Waals surface area contributed by atoms with Crippen molar-refractivity contribution in [3.8, 4) is 0 Å². The molecule has 1 aliphatic heterocycles. The number of hydrogen-bond donors (Lipinski definition) is 1. The van der Waals surface area contributed by atoms with Crippen LogP contribution in [0.2, 0.25) is 0 Å². The molecular formula is C31H38AcO5S2. The molecule has 0 aromatic heterocycles. The van der Waals surface area contributed by atoms with Gasteiger partial charge in [0.2, 0.25) is 0 Å². The molecule has 3 unspecified atom stereocenters. The van der Waals surface area contributed by atoms with Crippen LogP contribution >= 0.6 is 23.5 Å². The van der Waals surface area contributed by atoms with Crippen molar-refractivity contribution in [2.75, 3.05) is 24.4 Å². The molecule has 5 atom stereocenters. The second-order valence-electron chi connectivity index (χ2n) is 9.23. The Morgan fingerprint density at radius 2 is 1.13 bits per heavy atom. The van der Waals surface area contributed by atoms with E-state index in [9.17, 15) is 5.11 Å². The van der Waals surface area contributed by atoms with E-state index in [2.05, 4.69) is 30.5 Å². The molecule has 3 aromatic carbocycles. The van der Waals surface area contributed by atoms with E-state index in [-0.39, 0.29) is 62.2 Å². The molecule has 0 saturated carbocycles. The first-order chi connectivity index (χ1) is 18.8. The maximum atomic E-state index is 10.4. The molecule has 0 aliphatic carbocycles. The second kappa shape index (κ2) is 18.9. The molecule has 1 fully saturated rings. The summed E-state index contributed by atoms with van der Waals surface area (Å²) >= 11 is 3.58. The van der Waals surface area contributed by atoms with Gasteiger partial charge in [0.15, 0.2) is 0 Å². The fourth-order valence-electron chi connectivity index (χ4n) is 4.43. The van der Waals surface area contributed by atoms with E-state index in [1.54, 1.807) is 11.8 Å². The number of aliphatic hydroxyl groups excluding tert-OH is 1. The number of rotatable bonds is 15. The predicted molar refractivity (Wildman–Crippen MR) is 156 cm³/mol.